The SMILES string of the molecule is CCCOc1c(OC)cc(C2NC(=O)NC(C(C)C)=C2C(=O)OCC)cc1[N+](=O)[O-]. The van der Waals surface area contributed by atoms with Crippen molar-refractivity contribution in [1.29, 1.82) is 0 Å². The van der Waals surface area contributed by atoms with E-state index in [4.69, 9.17) is 14.2 Å². The van der Waals surface area contributed by atoms with Crippen LogP contribution in [-0.4, -0.2) is 37.2 Å². The maximum atomic E-state index is 12.7. The number of nitrogens with zero attached hydrogens (tertiary/aromatic N) is 1. The number of nitrogens with one attached hydrogen (secondary N) is 2. The Morgan fingerprint density at radius 1 is 1.30 bits per heavy atom. The van der Waals surface area contributed by atoms with Crippen molar-refractivity contribution >= 4 is 17.7 Å². The Balaban J connectivity index is 2.70. The zero-order valence-electron chi connectivity index (χ0n) is 17.7. The average molecular weight is 421 g/mol. The molecule has 10 heteroatoms. The summed E-state index contributed by atoms with van der Waals surface area (Å²) < 4.78 is 16.0. The monoisotopic (exact) mass is 421 g/mol. The largest absolute Gasteiger partial charge is 0.493 e. The second-order valence-electron chi connectivity index (χ2n) is 6.91. The maximum absolute atomic E-state index is 12.7. The molecule has 1 aliphatic heterocycles. The molecule has 10 nitrogen and oxygen atoms in total. The van der Waals surface area contributed by atoms with Gasteiger partial charge in [0.05, 0.1) is 36.9 Å². The lowest BCUT2D eigenvalue weighted by atomic mass is 9.91. The first-order chi connectivity index (χ1) is 14.2. The second-order valence-corrected chi connectivity index (χ2v) is 6.91. The number of methoxy groups -OCH3 is 1. The summed E-state index contributed by atoms with van der Waals surface area (Å²) in [6, 6.07) is 1.32. The summed E-state index contributed by atoms with van der Waals surface area (Å²) in [5.74, 6) is -0.678. The van der Waals surface area contributed by atoms with Crippen LogP contribution in [0.4, 0.5) is 10.5 Å². The van der Waals surface area contributed by atoms with Crippen molar-refractivity contribution in [3.8, 4) is 11.5 Å². The van der Waals surface area contributed by atoms with Crippen LogP contribution in [0.2, 0.25) is 0 Å². The number of ether oxygens (including phenoxy) is 3. The minimum atomic E-state index is -0.956. The molecule has 164 valence electrons. The predicted octanol–water partition coefficient (Wildman–Crippen LogP) is 3.22. The van der Waals surface area contributed by atoms with Gasteiger partial charge in [0.1, 0.15) is 0 Å². The Labute approximate surface area is 174 Å². The molecule has 0 aliphatic carbocycles. The topological polar surface area (TPSA) is 129 Å². The molecule has 30 heavy (non-hydrogen) atoms. The number of carbonyl (C=O) groups is 2. The molecule has 1 aromatic rings. The molecular weight excluding hydrogens is 394 g/mol. The molecule has 1 atom stereocenters. The number of urea groups is 1. The molecule has 2 N–H and O–H groups in total. The van der Waals surface area contributed by atoms with E-state index in [0.717, 1.165) is 0 Å². The fraction of sp³-hybridized carbons (Fsp3) is 0.500. The molecule has 0 saturated carbocycles. The van der Waals surface area contributed by atoms with Crippen LogP contribution in [0.15, 0.2) is 23.4 Å². The van der Waals surface area contributed by atoms with Gasteiger partial charge in [-0.05, 0) is 30.9 Å². The highest BCUT2D eigenvalue weighted by Crippen LogP contribution is 2.42. The van der Waals surface area contributed by atoms with E-state index in [1.807, 2.05) is 20.8 Å². The lowest BCUT2D eigenvalue weighted by molar-refractivity contribution is -0.386. The molecule has 1 heterocycles. The minimum Gasteiger partial charge on any atom is -0.493 e. The lowest BCUT2D eigenvalue weighted by Crippen LogP contribution is -2.47. The number of nitro benzene ring substituents is 1. The molecule has 0 fully saturated rings. The number of esters is 1. The van der Waals surface area contributed by atoms with Gasteiger partial charge >= 0.3 is 17.7 Å². The molecule has 0 aromatic heterocycles. The predicted molar refractivity (Wildman–Crippen MR) is 108 cm³/mol. The van der Waals surface area contributed by atoms with Gasteiger partial charge in [-0.15, -0.1) is 0 Å². The molecule has 1 unspecified atom stereocenters. The zero-order chi connectivity index (χ0) is 22.4. The van der Waals surface area contributed by atoms with Gasteiger partial charge in [-0.2, -0.15) is 0 Å². The third-order valence-corrected chi connectivity index (χ3v) is 4.43. The van der Waals surface area contributed by atoms with Crippen molar-refractivity contribution in [2.24, 2.45) is 5.92 Å². The van der Waals surface area contributed by atoms with Crippen molar-refractivity contribution in [2.75, 3.05) is 20.3 Å². The fourth-order valence-corrected chi connectivity index (χ4v) is 3.14. The molecule has 1 aromatic carbocycles. The molecule has 0 bridgehead atoms. The first-order valence-corrected chi connectivity index (χ1v) is 9.72. The highest BCUT2D eigenvalue weighted by molar-refractivity contribution is 5.95. The first kappa shape index (κ1) is 23.0. The van der Waals surface area contributed by atoms with Crippen molar-refractivity contribution in [2.45, 2.75) is 40.2 Å². The van der Waals surface area contributed by atoms with Gasteiger partial charge in [-0.3, -0.25) is 10.1 Å². The Bertz CT molecular complexity index is 864. The molecule has 0 saturated heterocycles. The first-order valence-electron chi connectivity index (χ1n) is 9.72. The average Bonchev–Trinajstić information content (AvgIpc) is 2.70. The lowest BCUT2D eigenvalue weighted by Gasteiger charge is -2.31. The number of hydrogen-bond acceptors (Lipinski definition) is 7. The van der Waals surface area contributed by atoms with Crippen molar-refractivity contribution in [1.82, 2.24) is 10.6 Å². The van der Waals surface area contributed by atoms with E-state index < -0.39 is 23.0 Å². The van der Waals surface area contributed by atoms with Crippen molar-refractivity contribution in [3.05, 3.63) is 39.1 Å². The molecule has 1 aliphatic rings. The highest BCUT2D eigenvalue weighted by atomic mass is 16.6. The van der Waals surface area contributed by atoms with Gasteiger partial charge in [0.2, 0.25) is 5.75 Å². The van der Waals surface area contributed by atoms with Crippen LogP contribution in [0.1, 0.15) is 45.7 Å². The molecular formula is C20H27N3O7. The van der Waals surface area contributed by atoms with Crippen molar-refractivity contribution < 1.29 is 28.7 Å². The van der Waals surface area contributed by atoms with Gasteiger partial charge in [0.15, 0.2) is 5.75 Å². The Morgan fingerprint density at radius 3 is 2.53 bits per heavy atom. The minimum absolute atomic E-state index is 0.000826. The summed E-state index contributed by atoms with van der Waals surface area (Å²) in [7, 11) is 1.37. The molecule has 2 amide bonds. The Kier molecular flexibility index (Phi) is 7.62. The van der Waals surface area contributed by atoms with Crippen LogP contribution in [0.25, 0.3) is 0 Å². The van der Waals surface area contributed by atoms with Gasteiger partial charge < -0.3 is 24.8 Å². The number of hydrogen-bond donors (Lipinski definition) is 2. The van der Waals surface area contributed by atoms with Crippen LogP contribution in [0.5, 0.6) is 11.5 Å². The van der Waals surface area contributed by atoms with Gasteiger partial charge in [0.25, 0.3) is 0 Å². The standard InChI is InChI=1S/C20H27N3O7/c1-6-8-30-18-13(23(26)27)9-12(10-14(18)28-5)17-15(19(24)29-7-2)16(11(3)4)21-20(25)22-17/h9-11,17H,6-8H2,1-5H3,(H2,21,22,25). The Morgan fingerprint density at radius 2 is 2.00 bits per heavy atom. The zero-order valence-corrected chi connectivity index (χ0v) is 17.7. The third-order valence-electron chi connectivity index (χ3n) is 4.43. The van der Waals surface area contributed by atoms with Crippen LogP contribution >= 0.6 is 0 Å². The van der Waals surface area contributed by atoms with E-state index in [0.29, 0.717) is 17.7 Å². The van der Waals surface area contributed by atoms with Crippen molar-refractivity contribution in [3.63, 3.8) is 0 Å². The number of carbonyl (C=O) groups excluding carboxylic acids is 2. The summed E-state index contributed by atoms with van der Waals surface area (Å²) in [4.78, 5) is 36.1. The molecule has 0 radical (unpaired) electrons. The fourth-order valence-electron chi connectivity index (χ4n) is 3.14. The quantitative estimate of drug-likeness (QED) is 0.356. The number of nitro groups is 1. The van der Waals surface area contributed by atoms with E-state index in [1.165, 1.54) is 19.2 Å². The second kappa shape index (κ2) is 9.95. The van der Waals surface area contributed by atoms with Crippen LogP contribution in [0, 0.1) is 16.0 Å². The number of allylic oxidation sites excluding steroid dienone is 1. The van der Waals surface area contributed by atoms with Gasteiger partial charge in [0, 0.05) is 11.8 Å². The van der Waals surface area contributed by atoms with Crippen LogP contribution in [0.3, 0.4) is 0 Å². The maximum Gasteiger partial charge on any atom is 0.338 e. The van der Waals surface area contributed by atoms with Crippen LogP contribution in [-0.2, 0) is 9.53 Å². The summed E-state index contributed by atoms with van der Waals surface area (Å²) in [6.07, 6.45) is 0.653. The van der Waals surface area contributed by atoms with E-state index in [9.17, 15) is 19.7 Å². The van der Waals surface area contributed by atoms with E-state index in [-0.39, 0.29) is 41.9 Å². The molecule has 2 rings (SSSR count). The highest BCUT2D eigenvalue weighted by Gasteiger charge is 2.36. The van der Waals surface area contributed by atoms with Gasteiger partial charge in [-0.1, -0.05) is 20.8 Å². The summed E-state index contributed by atoms with van der Waals surface area (Å²) in [5, 5.41) is 17.0. The van der Waals surface area contributed by atoms with E-state index in [2.05, 4.69) is 10.6 Å². The number of benzene rings is 1. The van der Waals surface area contributed by atoms with E-state index >= 15 is 0 Å². The molecule has 0 spiro atoms. The normalized spacial score (nSPS) is 16.1. The number of rotatable bonds is 9. The summed E-state index contributed by atoms with van der Waals surface area (Å²) in [6.45, 7) is 7.60. The van der Waals surface area contributed by atoms with Crippen LogP contribution < -0.4 is 20.1 Å². The smallest absolute Gasteiger partial charge is 0.338 e. The van der Waals surface area contributed by atoms with Gasteiger partial charge in [-0.25, -0.2) is 9.59 Å². The summed E-state index contributed by atoms with van der Waals surface area (Å²) >= 11 is 0. The van der Waals surface area contributed by atoms with E-state index in [1.54, 1.807) is 6.92 Å². The number of amides is 2. The third kappa shape index (κ3) is 4.81. The Hall–Kier alpha value is -3.30. The summed E-state index contributed by atoms with van der Waals surface area (Å²) in [5.41, 5.74) is 0.568.